The zero-order valence-corrected chi connectivity index (χ0v) is 19.7. The van der Waals surface area contributed by atoms with Gasteiger partial charge >= 0.3 is 11.9 Å². The lowest BCUT2D eigenvalue weighted by Crippen LogP contribution is -2.49. The molecule has 0 N–H and O–H groups in total. The molecule has 0 spiro atoms. The van der Waals surface area contributed by atoms with Gasteiger partial charge in [0.05, 0.1) is 13.2 Å². The Labute approximate surface area is 173 Å². The number of ether oxygens (including phenoxy) is 2. The molecular weight excluding hydrogens is 352 g/mol. The molecule has 0 atom stereocenters. The predicted octanol–water partition coefficient (Wildman–Crippen LogP) is 6.17. The lowest BCUT2D eigenvalue weighted by atomic mass is 9.65. The van der Waals surface area contributed by atoms with Gasteiger partial charge in [0.2, 0.25) is 0 Å². The van der Waals surface area contributed by atoms with Gasteiger partial charge in [-0.3, -0.25) is 9.59 Å². The second-order valence-electron chi connectivity index (χ2n) is 11.5. The number of hydrogen-bond acceptors (Lipinski definition) is 4. The van der Waals surface area contributed by atoms with E-state index in [1.165, 1.54) is 6.42 Å². The van der Waals surface area contributed by atoms with Crippen molar-refractivity contribution in [2.75, 3.05) is 13.2 Å². The van der Waals surface area contributed by atoms with Gasteiger partial charge in [-0.15, -0.1) is 0 Å². The number of esters is 2. The molecule has 1 rings (SSSR count). The Hall–Kier alpha value is -1.06. The molecule has 0 amide bonds. The monoisotopic (exact) mass is 396 g/mol. The van der Waals surface area contributed by atoms with Crippen LogP contribution in [0.15, 0.2) is 0 Å². The molecule has 0 saturated heterocycles. The van der Waals surface area contributed by atoms with E-state index in [1.807, 2.05) is 41.5 Å². The fraction of sp³-hybridized carbons (Fsp3) is 0.917. The summed E-state index contributed by atoms with van der Waals surface area (Å²) in [7, 11) is 0. The van der Waals surface area contributed by atoms with Gasteiger partial charge in [0.1, 0.15) is 0 Å². The third kappa shape index (κ3) is 7.75. The molecular formula is C24H44O4. The Morgan fingerprint density at radius 1 is 0.821 bits per heavy atom. The summed E-state index contributed by atoms with van der Waals surface area (Å²) in [4.78, 5) is 26.9. The smallest absolute Gasteiger partial charge is 0.323 e. The first-order valence-electron chi connectivity index (χ1n) is 11.1. The Morgan fingerprint density at radius 3 is 1.61 bits per heavy atom. The van der Waals surface area contributed by atoms with Crippen molar-refractivity contribution in [2.45, 2.75) is 100 Å². The molecule has 1 aliphatic carbocycles. The van der Waals surface area contributed by atoms with Crippen molar-refractivity contribution in [3.8, 4) is 0 Å². The van der Waals surface area contributed by atoms with E-state index in [1.54, 1.807) is 0 Å². The molecule has 164 valence electrons. The first-order valence-corrected chi connectivity index (χ1v) is 11.1. The first kappa shape index (κ1) is 25.0. The molecule has 4 heteroatoms. The van der Waals surface area contributed by atoms with Crippen LogP contribution in [0.4, 0.5) is 0 Å². The van der Waals surface area contributed by atoms with Gasteiger partial charge in [-0.1, -0.05) is 74.7 Å². The minimum Gasteiger partial charge on any atom is -0.464 e. The highest BCUT2D eigenvalue weighted by atomic mass is 16.6. The normalized spacial score (nSPS) is 16.9. The van der Waals surface area contributed by atoms with E-state index in [0.29, 0.717) is 25.6 Å². The maximum atomic E-state index is 13.5. The fourth-order valence-electron chi connectivity index (χ4n) is 3.76. The van der Waals surface area contributed by atoms with Gasteiger partial charge in [0.25, 0.3) is 0 Å². The van der Waals surface area contributed by atoms with Crippen LogP contribution in [0.25, 0.3) is 0 Å². The molecule has 28 heavy (non-hydrogen) atoms. The van der Waals surface area contributed by atoms with E-state index in [0.717, 1.165) is 32.1 Å². The molecule has 1 saturated carbocycles. The van der Waals surface area contributed by atoms with Crippen LogP contribution in [-0.4, -0.2) is 25.2 Å². The molecule has 0 unspecified atom stereocenters. The SMILES string of the molecule is CC(C)CCC(C(=O)OCC(C)(C)C)(C(=O)OCC(C)(C)C)C1CCCCC1. The Bertz CT molecular complexity index is 472. The predicted molar refractivity (Wildman–Crippen MR) is 114 cm³/mol. The summed E-state index contributed by atoms with van der Waals surface area (Å²) in [5.41, 5.74) is -1.44. The van der Waals surface area contributed by atoms with Gasteiger partial charge in [-0.2, -0.15) is 0 Å². The van der Waals surface area contributed by atoms with Crippen molar-refractivity contribution in [3.05, 3.63) is 0 Å². The fourth-order valence-corrected chi connectivity index (χ4v) is 3.76. The van der Waals surface area contributed by atoms with Crippen LogP contribution in [0, 0.1) is 28.1 Å². The number of carbonyl (C=O) groups is 2. The molecule has 1 aliphatic rings. The van der Waals surface area contributed by atoms with Crippen molar-refractivity contribution in [3.63, 3.8) is 0 Å². The molecule has 0 radical (unpaired) electrons. The summed E-state index contributed by atoms with van der Waals surface area (Å²) in [5, 5.41) is 0. The number of rotatable bonds is 8. The Morgan fingerprint density at radius 2 is 1.25 bits per heavy atom. The third-order valence-corrected chi connectivity index (χ3v) is 5.42. The largest absolute Gasteiger partial charge is 0.464 e. The van der Waals surface area contributed by atoms with E-state index >= 15 is 0 Å². The van der Waals surface area contributed by atoms with Crippen LogP contribution in [-0.2, 0) is 19.1 Å². The summed E-state index contributed by atoms with van der Waals surface area (Å²) >= 11 is 0. The van der Waals surface area contributed by atoms with Gasteiger partial charge in [0, 0.05) is 0 Å². The average Bonchev–Trinajstić information content (AvgIpc) is 2.58. The summed E-state index contributed by atoms with van der Waals surface area (Å²) in [6.07, 6.45) is 6.42. The Balaban J connectivity index is 3.22. The molecule has 0 aliphatic heterocycles. The lowest BCUT2D eigenvalue weighted by molar-refractivity contribution is -0.183. The quantitative estimate of drug-likeness (QED) is 0.364. The van der Waals surface area contributed by atoms with Crippen LogP contribution in [0.3, 0.4) is 0 Å². The van der Waals surface area contributed by atoms with Crippen LogP contribution < -0.4 is 0 Å². The zero-order chi connectivity index (χ0) is 21.6. The topological polar surface area (TPSA) is 52.6 Å². The molecule has 0 bridgehead atoms. The van der Waals surface area contributed by atoms with Gasteiger partial charge in [0.15, 0.2) is 5.41 Å². The van der Waals surface area contributed by atoms with Crippen molar-refractivity contribution in [1.82, 2.24) is 0 Å². The lowest BCUT2D eigenvalue weighted by Gasteiger charge is -2.40. The highest BCUT2D eigenvalue weighted by molar-refractivity contribution is 6.00. The second kappa shape index (κ2) is 10.1. The van der Waals surface area contributed by atoms with Crippen LogP contribution in [0.2, 0.25) is 0 Å². The van der Waals surface area contributed by atoms with Crippen LogP contribution >= 0.6 is 0 Å². The second-order valence-corrected chi connectivity index (χ2v) is 11.5. The van der Waals surface area contributed by atoms with Gasteiger partial charge in [-0.05, 0) is 48.3 Å². The van der Waals surface area contributed by atoms with Crippen LogP contribution in [0.1, 0.15) is 100 Å². The van der Waals surface area contributed by atoms with E-state index in [2.05, 4.69) is 13.8 Å². The summed E-state index contributed by atoms with van der Waals surface area (Å²) in [6, 6.07) is 0. The zero-order valence-electron chi connectivity index (χ0n) is 19.7. The molecule has 4 nitrogen and oxygen atoms in total. The standard InChI is InChI=1S/C24H44O4/c1-18(2)14-15-24(19-12-10-9-11-13-19,20(25)27-16-22(3,4)5)21(26)28-17-23(6,7)8/h18-19H,9-17H2,1-8H3. The van der Waals surface area contributed by atoms with E-state index in [-0.39, 0.29) is 28.7 Å². The van der Waals surface area contributed by atoms with E-state index in [4.69, 9.17) is 9.47 Å². The van der Waals surface area contributed by atoms with E-state index in [9.17, 15) is 9.59 Å². The third-order valence-electron chi connectivity index (χ3n) is 5.42. The van der Waals surface area contributed by atoms with Crippen molar-refractivity contribution in [1.29, 1.82) is 0 Å². The van der Waals surface area contributed by atoms with Gasteiger partial charge in [-0.25, -0.2) is 0 Å². The molecule has 0 aromatic carbocycles. The highest BCUT2D eigenvalue weighted by Gasteiger charge is 2.54. The van der Waals surface area contributed by atoms with Crippen LogP contribution in [0.5, 0.6) is 0 Å². The molecule has 1 fully saturated rings. The maximum Gasteiger partial charge on any atom is 0.323 e. The minimum atomic E-state index is -1.17. The van der Waals surface area contributed by atoms with Gasteiger partial charge < -0.3 is 9.47 Å². The Kier molecular flexibility index (Phi) is 9.02. The molecule has 0 heterocycles. The maximum absolute atomic E-state index is 13.5. The van der Waals surface area contributed by atoms with E-state index < -0.39 is 5.41 Å². The summed E-state index contributed by atoms with van der Waals surface area (Å²) < 4.78 is 11.5. The molecule has 0 aromatic heterocycles. The highest BCUT2D eigenvalue weighted by Crippen LogP contribution is 2.45. The summed E-state index contributed by atoms with van der Waals surface area (Å²) in [6.45, 7) is 17.1. The van der Waals surface area contributed by atoms with Crippen molar-refractivity contribution < 1.29 is 19.1 Å². The summed E-state index contributed by atoms with van der Waals surface area (Å²) in [5.74, 6) is -0.309. The minimum absolute atomic E-state index is 0.0138. The average molecular weight is 397 g/mol. The number of carbonyl (C=O) groups excluding carboxylic acids is 2. The van der Waals surface area contributed by atoms with Crippen molar-refractivity contribution in [2.24, 2.45) is 28.1 Å². The molecule has 0 aromatic rings. The first-order chi connectivity index (χ1) is 12.8. The van der Waals surface area contributed by atoms with Crippen molar-refractivity contribution >= 4 is 11.9 Å². The number of hydrogen-bond donors (Lipinski definition) is 0.